The summed E-state index contributed by atoms with van der Waals surface area (Å²) in [6, 6.07) is 13.9. The zero-order chi connectivity index (χ0) is 29.9. The van der Waals surface area contributed by atoms with Crippen molar-refractivity contribution in [3.8, 4) is 5.69 Å². The third-order valence-corrected chi connectivity index (χ3v) is 10.7. The van der Waals surface area contributed by atoms with Gasteiger partial charge in [-0.1, -0.05) is 43.5 Å². The molecule has 4 aliphatic rings. The predicted molar refractivity (Wildman–Crippen MR) is 170 cm³/mol. The molecule has 0 atom stereocenters. The molecule has 3 aromatic rings. The van der Waals surface area contributed by atoms with E-state index in [1.54, 1.807) is 0 Å². The molecule has 0 bridgehead atoms. The van der Waals surface area contributed by atoms with E-state index in [4.69, 9.17) is 9.72 Å². The van der Waals surface area contributed by atoms with Crippen LogP contribution < -0.4 is 5.56 Å². The normalized spacial score (nSPS) is 21.3. The Morgan fingerprint density at radius 3 is 2.37 bits per heavy atom. The summed E-state index contributed by atoms with van der Waals surface area (Å²) in [5.74, 6) is 1.51. The van der Waals surface area contributed by atoms with E-state index in [1.165, 1.54) is 36.1 Å². The minimum Gasteiger partial charge on any atom is -0.444 e. The SMILES string of the molecule is Cc1cccc2c1c(=O)nc1n2-c2ccc(C3CCN(C4CCN(C(=O)OC(C)(C)C)CC4)CC3)cc2C12CCCCC2. The monoisotopic (exact) mass is 582 g/mol. The van der Waals surface area contributed by atoms with E-state index in [1.807, 2.05) is 38.7 Å². The van der Waals surface area contributed by atoms with Crippen LogP contribution in [-0.2, 0) is 10.2 Å². The van der Waals surface area contributed by atoms with Crippen LogP contribution >= 0.6 is 0 Å². The van der Waals surface area contributed by atoms with Crippen molar-refractivity contribution in [2.24, 2.45) is 0 Å². The molecule has 7 heteroatoms. The number of aromatic nitrogens is 2. The molecule has 7 rings (SSSR count). The summed E-state index contributed by atoms with van der Waals surface area (Å²) in [7, 11) is 0. The van der Waals surface area contributed by atoms with E-state index >= 15 is 0 Å². The number of carbonyl (C=O) groups is 1. The smallest absolute Gasteiger partial charge is 0.410 e. The van der Waals surface area contributed by atoms with E-state index < -0.39 is 5.60 Å². The lowest BCUT2D eigenvalue weighted by Gasteiger charge is -2.42. The van der Waals surface area contributed by atoms with Gasteiger partial charge in [-0.25, -0.2) is 4.79 Å². The highest BCUT2D eigenvalue weighted by atomic mass is 16.6. The fourth-order valence-electron chi connectivity index (χ4n) is 8.49. The van der Waals surface area contributed by atoms with Gasteiger partial charge in [0.05, 0.1) is 22.0 Å². The van der Waals surface area contributed by atoms with Crippen LogP contribution in [0.1, 0.15) is 107 Å². The van der Waals surface area contributed by atoms with E-state index in [0.717, 1.165) is 87.0 Å². The van der Waals surface area contributed by atoms with Crippen molar-refractivity contribution in [3.63, 3.8) is 0 Å². The molecule has 3 fully saturated rings. The van der Waals surface area contributed by atoms with Gasteiger partial charge in [-0.3, -0.25) is 9.36 Å². The van der Waals surface area contributed by atoms with Crippen LogP contribution in [0.4, 0.5) is 4.79 Å². The molecule has 1 aliphatic carbocycles. The van der Waals surface area contributed by atoms with Crippen LogP contribution in [0.25, 0.3) is 16.6 Å². The minimum absolute atomic E-state index is 0.0818. The second-order valence-electron chi connectivity index (χ2n) is 14.5. The Hall–Kier alpha value is -3.19. The summed E-state index contributed by atoms with van der Waals surface area (Å²) in [6.07, 6.45) is 9.90. The average Bonchev–Trinajstić information content (AvgIpc) is 3.25. The minimum atomic E-state index is -0.451. The summed E-state index contributed by atoms with van der Waals surface area (Å²) in [4.78, 5) is 35.3. The van der Waals surface area contributed by atoms with Crippen molar-refractivity contribution < 1.29 is 9.53 Å². The number of likely N-dealkylation sites (tertiary alicyclic amines) is 2. The fourth-order valence-corrected chi connectivity index (χ4v) is 8.49. The van der Waals surface area contributed by atoms with Crippen LogP contribution in [0.2, 0.25) is 0 Å². The van der Waals surface area contributed by atoms with Gasteiger partial charge in [0.15, 0.2) is 0 Å². The second kappa shape index (κ2) is 10.8. The first-order chi connectivity index (χ1) is 20.6. The molecule has 228 valence electrons. The number of ether oxygens (including phenoxy) is 1. The fraction of sp³-hybridized carbons (Fsp3) is 0.583. The Morgan fingerprint density at radius 2 is 1.67 bits per heavy atom. The van der Waals surface area contributed by atoms with Crippen LogP contribution in [0.15, 0.2) is 41.2 Å². The van der Waals surface area contributed by atoms with Gasteiger partial charge in [-0.05, 0) is 114 Å². The summed E-state index contributed by atoms with van der Waals surface area (Å²) in [6.45, 7) is 11.6. The molecular formula is C36H46N4O3. The zero-order valence-electron chi connectivity index (χ0n) is 26.3. The molecule has 1 spiro atoms. The van der Waals surface area contributed by atoms with Gasteiger partial charge < -0.3 is 14.5 Å². The number of benzene rings is 2. The highest BCUT2D eigenvalue weighted by Crippen LogP contribution is 2.52. The first kappa shape index (κ1) is 28.6. The highest BCUT2D eigenvalue weighted by Gasteiger charge is 2.47. The Balaban J connectivity index is 1.10. The molecule has 3 aliphatic heterocycles. The van der Waals surface area contributed by atoms with Gasteiger partial charge in [0, 0.05) is 19.1 Å². The van der Waals surface area contributed by atoms with Crippen molar-refractivity contribution >= 4 is 17.0 Å². The van der Waals surface area contributed by atoms with Crippen molar-refractivity contribution in [2.45, 2.75) is 108 Å². The number of hydrogen-bond acceptors (Lipinski definition) is 5. The number of amides is 1. The first-order valence-corrected chi connectivity index (χ1v) is 16.5. The van der Waals surface area contributed by atoms with Crippen LogP contribution in [-0.4, -0.2) is 63.3 Å². The molecule has 2 saturated heterocycles. The lowest BCUT2D eigenvalue weighted by atomic mass is 9.69. The Morgan fingerprint density at radius 1 is 0.953 bits per heavy atom. The van der Waals surface area contributed by atoms with Gasteiger partial charge >= 0.3 is 6.09 Å². The topological polar surface area (TPSA) is 67.7 Å². The molecule has 4 heterocycles. The quantitative estimate of drug-likeness (QED) is 0.331. The number of piperidine rings is 2. The van der Waals surface area contributed by atoms with E-state index in [0.29, 0.717) is 12.0 Å². The number of hydrogen-bond donors (Lipinski definition) is 0. The zero-order valence-corrected chi connectivity index (χ0v) is 26.3. The average molecular weight is 583 g/mol. The maximum Gasteiger partial charge on any atom is 0.410 e. The van der Waals surface area contributed by atoms with E-state index in [-0.39, 0.29) is 17.1 Å². The Labute approximate surface area is 255 Å². The summed E-state index contributed by atoms with van der Waals surface area (Å²) in [5, 5.41) is 0.749. The molecule has 1 amide bonds. The van der Waals surface area contributed by atoms with Gasteiger partial charge in [-0.2, -0.15) is 4.98 Å². The Bertz CT molecular complexity index is 1600. The largest absolute Gasteiger partial charge is 0.444 e. The van der Waals surface area contributed by atoms with Crippen LogP contribution in [0.5, 0.6) is 0 Å². The summed E-state index contributed by atoms with van der Waals surface area (Å²) in [5.41, 5.74) is 5.35. The molecule has 1 saturated carbocycles. The van der Waals surface area contributed by atoms with Crippen molar-refractivity contribution in [1.82, 2.24) is 19.4 Å². The van der Waals surface area contributed by atoms with Crippen molar-refractivity contribution in [3.05, 3.63) is 69.3 Å². The molecule has 0 unspecified atom stereocenters. The molecule has 2 aromatic carbocycles. The van der Waals surface area contributed by atoms with Gasteiger partial charge in [0.1, 0.15) is 11.4 Å². The first-order valence-electron chi connectivity index (χ1n) is 16.5. The molecule has 0 N–H and O–H groups in total. The standard InChI is InChI=1S/C36H46N4O3/c1-24-9-8-10-30-31(24)32(41)37-33-36(17-6-5-7-18-36)28-23-26(11-12-29(28)40(30)33)25-13-19-38(20-14-25)27-15-21-39(22-16-27)34(42)43-35(2,3)4/h8-12,23,25,27H,5-7,13-22H2,1-4H3. The Kier molecular flexibility index (Phi) is 7.15. The summed E-state index contributed by atoms with van der Waals surface area (Å²) >= 11 is 0. The summed E-state index contributed by atoms with van der Waals surface area (Å²) < 4.78 is 7.92. The lowest BCUT2D eigenvalue weighted by molar-refractivity contribution is 0.0127. The van der Waals surface area contributed by atoms with Crippen LogP contribution in [0, 0.1) is 6.92 Å². The third-order valence-electron chi connectivity index (χ3n) is 10.7. The van der Waals surface area contributed by atoms with Crippen molar-refractivity contribution in [1.29, 1.82) is 0 Å². The molecule has 1 aromatic heterocycles. The molecular weight excluding hydrogens is 536 g/mol. The lowest BCUT2D eigenvalue weighted by Crippen LogP contribution is -2.49. The van der Waals surface area contributed by atoms with Crippen LogP contribution in [0.3, 0.4) is 0 Å². The molecule has 43 heavy (non-hydrogen) atoms. The van der Waals surface area contributed by atoms with Gasteiger partial charge in [-0.15, -0.1) is 0 Å². The number of rotatable bonds is 2. The third kappa shape index (κ3) is 4.98. The number of nitrogens with zero attached hydrogens (tertiary/aromatic N) is 4. The maximum absolute atomic E-state index is 13.4. The van der Waals surface area contributed by atoms with Gasteiger partial charge in [0.25, 0.3) is 5.56 Å². The van der Waals surface area contributed by atoms with E-state index in [2.05, 4.69) is 39.8 Å². The molecule has 0 radical (unpaired) electrons. The maximum atomic E-state index is 13.4. The second-order valence-corrected chi connectivity index (χ2v) is 14.5. The number of carbonyl (C=O) groups excluding carboxylic acids is 1. The van der Waals surface area contributed by atoms with E-state index in [9.17, 15) is 9.59 Å². The van der Waals surface area contributed by atoms with Crippen molar-refractivity contribution in [2.75, 3.05) is 26.2 Å². The predicted octanol–water partition coefficient (Wildman–Crippen LogP) is 6.84. The van der Waals surface area contributed by atoms with Gasteiger partial charge in [0.2, 0.25) is 0 Å². The number of aryl methyl sites for hydroxylation is 1. The number of fused-ring (bicyclic) bond motifs is 7. The molecule has 7 nitrogen and oxygen atoms in total. The highest BCUT2D eigenvalue weighted by molar-refractivity contribution is 5.85.